The van der Waals surface area contributed by atoms with E-state index in [0.717, 1.165) is 30.2 Å². The molecule has 0 radical (unpaired) electrons. The molecule has 3 heteroatoms. The molecule has 108 valence electrons. The van der Waals surface area contributed by atoms with Crippen LogP contribution < -0.4 is 10.1 Å². The van der Waals surface area contributed by atoms with Crippen LogP contribution in [0.5, 0.6) is 11.5 Å². The third-order valence-electron chi connectivity index (χ3n) is 3.61. The number of ether oxygens (including phenoxy) is 1. The average molecular weight is 280 g/mol. The van der Waals surface area contributed by atoms with Crippen LogP contribution in [0.1, 0.15) is 18.4 Å². The van der Waals surface area contributed by atoms with E-state index in [1.54, 1.807) is 6.20 Å². The maximum absolute atomic E-state index is 5.80. The molecule has 1 fully saturated rings. The number of piperidine rings is 1. The number of rotatable bonds is 4. The van der Waals surface area contributed by atoms with Crippen molar-refractivity contribution in [2.45, 2.75) is 12.8 Å². The van der Waals surface area contributed by atoms with Gasteiger partial charge in [0.05, 0.1) is 6.20 Å². The van der Waals surface area contributed by atoms with Crippen LogP contribution in [0.25, 0.3) is 6.08 Å². The van der Waals surface area contributed by atoms with Crippen molar-refractivity contribution in [2.75, 3.05) is 13.1 Å². The van der Waals surface area contributed by atoms with Gasteiger partial charge < -0.3 is 10.1 Å². The van der Waals surface area contributed by atoms with Crippen LogP contribution >= 0.6 is 0 Å². The fraction of sp³-hybridized carbons (Fsp3) is 0.278. The number of nitrogens with one attached hydrogen (secondary N) is 1. The molecule has 21 heavy (non-hydrogen) atoms. The summed E-state index contributed by atoms with van der Waals surface area (Å²) in [6, 6.07) is 11.8. The van der Waals surface area contributed by atoms with Crippen molar-refractivity contribution in [3.8, 4) is 11.5 Å². The predicted molar refractivity (Wildman–Crippen MR) is 85.4 cm³/mol. The lowest BCUT2D eigenvalue weighted by molar-refractivity contribution is 0.439. The van der Waals surface area contributed by atoms with Gasteiger partial charge in [0, 0.05) is 12.7 Å². The second kappa shape index (κ2) is 7.04. The number of hydrogen-bond acceptors (Lipinski definition) is 3. The molecule has 3 nitrogen and oxygen atoms in total. The topological polar surface area (TPSA) is 34.2 Å². The molecule has 0 aliphatic carbocycles. The Kier molecular flexibility index (Phi) is 4.64. The predicted octanol–water partition coefficient (Wildman–Crippen LogP) is 3.89. The largest absolute Gasteiger partial charge is 0.456 e. The molecule has 0 saturated carbocycles. The van der Waals surface area contributed by atoms with Crippen molar-refractivity contribution in [1.29, 1.82) is 0 Å². The van der Waals surface area contributed by atoms with E-state index >= 15 is 0 Å². The molecule has 1 N–H and O–H groups in total. The van der Waals surface area contributed by atoms with Gasteiger partial charge in [-0.1, -0.05) is 30.4 Å². The van der Waals surface area contributed by atoms with E-state index in [9.17, 15) is 0 Å². The zero-order valence-corrected chi connectivity index (χ0v) is 12.0. The number of aromatic nitrogens is 1. The molecular formula is C18H20N2O. The maximum Gasteiger partial charge on any atom is 0.146 e. The molecule has 2 aromatic rings. The molecule has 1 aromatic carbocycles. The SMILES string of the molecule is C(=CC1CCCNC1)c1cncc(Oc2ccccc2)c1. The number of pyridine rings is 1. The van der Waals surface area contributed by atoms with Gasteiger partial charge in [0.1, 0.15) is 11.5 Å². The van der Waals surface area contributed by atoms with Crippen molar-refractivity contribution < 1.29 is 4.74 Å². The lowest BCUT2D eigenvalue weighted by Gasteiger charge is -2.19. The van der Waals surface area contributed by atoms with E-state index in [1.807, 2.05) is 42.6 Å². The van der Waals surface area contributed by atoms with Gasteiger partial charge in [-0.2, -0.15) is 0 Å². The summed E-state index contributed by atoms with van der Waals surface area (Å²) in [6.45, 7) is 2.22. The normalized spacial score (nSPS) is 18.8. The molecule has 2 heterocycles. The van der Waals surface area contributed by atoms with Gasteiger partial charge in [-0.3, -0.25) is 4.98 Å². The average Bonchev–Trinajstić information content (AvgIpc) is 2.55. The molecule has 1 aliphatic heterocycles. The first-order valence-electron chi connectivity index (χ1n) is 7.47. The number of nitrogens with zero attached hydrogens (tertiary/aromatic N) is 1. The van der Waals surface area contributed by atoms with Crippen LogP contribution in [0.15, 0.2) is 54.9 Å². The Morgan fingerprint density at radius 3 is 2.86 bits per heavy atom. The fourth-order valence-electron chi connectivity index (χ4n) is 2.50. The standard InChI is InChI=1S/C18H20N2O/c1-2-6-17(7-3-1)21-18-11-16(13-20-14-18)9-8-15-5-4-10-19-12-15/h1-3,6-9,11,13-15,19H,4-5,10,12H2. The molecule has 1 atom stereocenters. The van der Waals surface area contributed by atoms with Crippen LogP contribution in [0.4, 0.5) is 0 Å². The molecule has 0 spiro atoms. The molecule has 1 saturated heterocycles. The Balaban J connectivity index is 1.66. The quantitative estimate of drug-likeness (QED) is 0.922. The summed E-state index contributed by atoms with van der Waals surface area (Å²) in [5.74, 6) is 2.22. The van der Waals surface area contributed by atoms with Gasteiger partial charge in [0.15, 0.2) is 0 Å². The monoisotopic (exact) mass is 280 g/mol. The Morgan fingerprint density at radius 2 is 2.05 bits per heavy atom. The summed E-state index contributed by atoms with van der Waals surface area (Å²) in [6.07, 6.45) is 10.5. The second-order valence-electron chi connectivity index (χ2n) is 5.33. The summed E-state index contributed by atoms with van der Waals surface area (Å²) >= 11 is 0. The summed E-state index contributed by atoms with van der Waals surface area (Å²) in [4.78, 5) is 4.25. The number of hydrogen-bond donors (Lipinski definition) is 1. The van der Waals surface area contributed by atoms with Gasteiger partial charge in [0.25, 0.3) is 0 Å². The van der Waals surface area contributed by atoms with Gasteiger partial charge in [-0.25, -0.2) is 0 Å². The minimum Gasteiger partial charge on any atom is -0.456 e. The number of para-hydroxylation sites is 1. The lowest BCUT2D eigenvalue weighted by atomic mass is 9.98. The first-order valence-corrected chi connectivity index (χ1v) is 7.47. The van der Waals surface area contributed by atoms with Crippen LogP contribution in [-0.2, 0) is 0 Å². The molecule has 1 aromatic heterocycles. The third-order valence-corrected chi connectivity index (χ3v) is 3.61. The second-order valence-corrected chi connectivity index (χ2v) is 5.33. The summed E-state index contributed by atoms with van der Waals surface area (Å²) in [7, 11) is 0. The highest BCUT2D eigenvalue weighted by Gasteiger charge is 2.08. The van der Waals surface area contributed by atoms with Gasteiger partial charge in [0.2, 0.25) is 0 Å². The lowest BCUT2D eigenvalue weighted by Crippen LogP contribution is -2.28. The Labute approximate surface area is 125 Å². The molecule has 3 rings (SSSR count). The Bertz CT molecular complexity index is 589. The minimum absolute atomic E-state index is 0.623. The highest BCUT2D eigenvalue weighted by molar-refractivity contribution is 5.50. The molecule has 0 bridgehead atoms. The van der Waals surface area contributed by atoms with Gasteiger partial charge in [-0.05, 0) is 49.1 Å². The van der Waals surface area contributed by atoms with Crippen molar-refractivity contribution in [1.82, 2.24) is 10.3 Å². The van der Waals surface area contributed by atoms with Crippen molar-refractivity contribution in [2.24, 2.45) is 5.92 Å². The van der Waals surface area contributed by atoms with E-state index in [1.165, 1.54) is 12.8 Å². The van der Waals surface area contributed by atoms with Crippen LogP contribution in [0.2, 0.25) is 0 Å². The highest BCUT2D eigenvalue weighted by Crippen LogP contribution is 2.21. The molecule has 1 unspecified atom stereocenters. The van der Waals surface area contributed by atoms with Gasteiger partial charge >= 0.3 is 0 Å². The van der Waals surface area contributed by atoms with Gasteiger partial charge in [-0.15, -0.1) is 0 Å². The van der Waals surface area contributed by atoms with E-state index in [4.69, 9.17) is 4.74 Å². The van der Waals surface area contributed by atoms with Crippen molar-refractivity contribution in [3.05, 3.63) is 60.4 Å². The summed E-state index contributed by atoms with van der Waals surface area (Å²) < 4.78 is 5.80. The minimum atomic E-state index is 0.623. The summed E-state index contributed by atoms with van der Waals surface area (Å²) in [5, 5.41) is 3.42. The maximum atomic E-state index is 5.80. The molecule has 1 aliphatic rings. The van der Waals surface area contributed by atoms with E-state index < -0.39 is 0 Å². The smallest absolute Gasteiger partial charge is 0.146 e. The van der Waals surface area contributed by atoms with Crippen LogP contribution in [-0.4, -0.2) is 18.1 Å². The zero-order valence-electron chi connectivity index (χ0n) is 12.0. The molecular weight excluding hydrogens is 260 g/mol. The first-order chi connectivity index (χ1) is 10.4. The van der Waals surface area contributed by atoms with E-state index in [-0.39, 0.29) is 0 Å². The Morgan fingerprint density at radius 1 is 1.14 bits per heavy atom. The molecule has 0 amide bonds. The van der Waals surface area contributed by atoms with E-state index in [0.29, 0.717) is 5.92 Å². The van der Waals surface area contributed by atoms with E-state index in [2.05, 4.69) is 22.5 Å². The Hall–Kier alpha value is -2.13. The first kappa shape index (κ1) is 13.8. The number of benzene rings is 1. The fourth-order valence-corrected chi connectivity index (χ4v) is 2.50. The third kappa shape index (κ3) is 4.17. The van der Waals surface area contributed by atoms with Crippen molar-refractivity contribution >= 4 is 6.08 Å². The zero-order chi connectivity index (χ0) is 14.3. The highest BCUT2D eigenvalue weighted by atomic mass is 16.5. The van der Waals surface area contributed by atoms with Crippen LogP contribution in [0.3, 0.4) is 0 Å². The van der Waals surface area contributed by atoms with Crippen molar-refractivity contribution in [3.63, 3.8) is 0 Å². The summed E-state index contributed by atoms with van der Waals surface area (Å²) in [5.41, 5.74) is 1.08. The van der Waals surface area contributed by atoms with Crippen LogP contribution in [0, 0.1) is 5.92 Å².